The van der Waals surface area contributed by atoms with Gasteiger partial charge in [0.1, 0.15) is 5.75 Å². The van der Waals surface area contributed by atoms with Crippen LogP contribution in [0, 0.1) is 6.92 Å². The van der Waals surface area contributed by atoms with Crippen LogP contribution in [0.25, 0.3) is 10.9 Å². The average Bonchev–Trinajstić information content (AvgIpc) is 2.60. The van der Waals surface area contributed by atoms with Crippen LogP contribution in [-0.4, -0.2) is 18.7 Å². The maximum absolute atomic E-state index is 5.28. The molecule has 0 aliphatic carbocycles. The quantitative estimate of drug-likeness (QED) is 0.880. The molecule has 0 fully saturated rings. The number of rotatable bonds is 3. The van der Waals surface area contributed by atoms with E-state index in [1.807, 2.05) is 13.1 Å². The van der Waals surface area contributed by atoms with Crippen molar-refractivity contribution in [1.29, 1.82) is 0 Å². The van der Waals surface area contributed by atoms with E-state index in [-0.39, 0.29) is 0 Å². The molecular formula is C14H20N2O. The molecule has 3 nitrogen and oxygen atoms in total. The lowest BCUT2D eigenvalue weighted by molar-refractivity contribution is 0.415. The first kappa shape index (κ1) is 12.0. The van der Waals surface area contributed by atoms with Gasteiger partial charge in [-0.2, -0.15) is 0 Å². The molecule has 0 aliphatic heterocycles. The Hall–Kier alpha value is -1.48. The van der Waals surface area contributed by atoms with Gasteiger partial charge in [-0.15, -0.1) is 0 Å². The molecule has 2 rings (SSSR count). The number of benzene rings is 1. The van der Waals surface area contributed by atoms with E-state index in [2.05, 4.69) is 42.9 Å². The van der Waals surface area contributed by atoms with Gasteiger partial charge in [0.25, 0.3) is 0 Å². The highest BCUT2D eigenvalue weighted by atomic mass is 16.5. The highest BCUT2D eigenvalue weighted by molar-refractivity contribution is 5.86. The molecule has 0 amide bonds. The van der Waals surface area contributed by atoms with E-state index in [1.54, 1.807) is 7.11 Å². The van der Waals surface area contributed by atoms with Crippen molar-refractivity contribution in [2.24, 2.45) is 7.05 Å². The molecule has 1 atom stereocenters. The summed E-state index contributed by atoms with van der Waals surface area (Å²) in [6.45, 7) is 4.36. The Labute approximate surface area is 102 Å². The zero-order valence-corrected chi connectivity index (χ0v) is 11.2. The predicted molar refractivity (Wildman–Crippen MR) is 71.7 cm³/mol. The van der Waals surface area contributed by atoms with Crippen LogP contribution in [-0.2, 0) is 7.05 Å². The number of fused-ring (bicyclic) bond motifs is 1. The van der Waals surface area contributed by atoms with E-state index in [0.717, 1.165) is 5.75 Å². The summed E-state index contributed by atoms with van der Waals surface area (Å²) < 4.78 is 7.53. The average molecular weight is 232 g/mol. The molecule has 17 heavy (non-hydrogen) atoms. The fourth-order valence-corrected chi connectivity index (χ4v) is 2.50. The van der Waals surface area contributed by atoms with Crippen LogP contribution in [0.1, 0.15) is 24.2 Å². The maximum Gasteiger partial charge on any atom is 0.120 e. The number of nitrogens with one attached hydrogen (secondary N) is 1. The van der Waals surface area contributed by atoms with Gasteiger partial charge in [0.05, 0.1) is 12.6 Å². The second kappa shape index (κ2) is 4.41. The van der Waals surface area contributed by atoms with E-state index in [0.29, 0.717) is 6.04 Å². The lowest BCUT2D eigenvalue weighted by atomic mass is 10.1. The van der Waals surface area contributed by atoms with Crippen LogP contribution >= 0.6 is 0 Å². The molecule has 0 spiro atoms. The normalized spacial score (nSPS) is 13.0. The smallest absolute Gasteiger partial charge is 0.120 e. The van der Waals surface area contributed by atoms with Crippen LogP contribution in [0.2, 0.25) is 0 Å². The third-order valence-electron chi connectivity index (χ3n) is 3.56. The minimum Gasteiger partial charge on any atom is -0.497 e. The van der Waals surface area contributed by atoms with Crippen molar-refractivity contribution in [2.45, 2.75) is 19.9 Å². The summed E-state index contributed by atoms with van der Waals surface area (Å²) in [5.41, 5.74) is 3.89. The highest BCUT2D eigenvalue weighted by Crippen LogP contribution is 2.30. The van der Waals surface area contributed by atoms with Crippen molar-refractivity contribution in [3.63, 3.8) is 0 Å². The van der Waals surface area contributed by atoms with E-state index < -0.39 is 0 Å². The molecule has 0 aliphatic rings. The molecule has 92 valence electrons. The Kier molecular flexibility index (Phi) is 3.11. The first-order chi connectivity index (χ1) is 8.10. The molecule has 1 N–H and O–H groups in total. The molecule has 1 aromatic carbocycles. The van der Waals surface area contributed by atoms with Crippen molar-refractivity contribution in [1.82, 2.24) is 9.88 Å². The number of aryl methyl sites for hydroxylation is 2. The first-order valence-corrected chi connectivity index (χ1v) is 5.90. The third-order valence-corrected chi connectivity index (χ3v) is 3.56. The van der Waals surface area contributed by atoms with Crippen molar-refractivity contribution in [2.75, 3.05) is 14.2 Å². The number of hydrogen-bond donors (Lipinski definition) is 1. The Morgan fingerprint density at radius 1 is 1.35 bits per heavy atom. The summed E-state index contributed by atoms with van der Waals surface area (Å²) >= 11 is 0. The number of aromatic nitrogens is 1. The molecule has 1 aromatic heterocycles. The molecule has 0 saturated heterocycles. The van der Waals surface area contributed by atoms with E-state index in [9.17, 15) is 0 Å². The Morgan fingerprint density at radius 3 is 2.65 bits per heavy atom. The second-order valence-electron chi connectivity index (χ2n) is 4.46. The van der Waals surface area contributed by atoms with Gasteiger partial charge in [-0.3, -0.25) is 0 Å². The van der Waals surface area contributed by atoms with Crippen LogP contribution in [0.4, 0.5) is 0 Å². The molecule has 0 saturated carbocycles. The molecule has 3 heteroatoms. The number of nitrogens with zero attached hydrogens (tertiary/aromatic N) is 1. The lowest BCUT2D eigenvalue weighted by Crippen LogP contribution is -2.16. The summed E-state index contributed by atoms with van der Waals surface area (Å²) in [6, 6.07) is 6.59. The molecule has 0 radical (unpaired) electrons. The zero-order valence-electron chi connectivity index (χ0n) is 11.2. The van der Waals surface area contributed by atoms with Gasteiger partial charge < -0.3 is 14.6 Å². The number of methoxy groups -OCH3 is 1. The fourth-order valence-electron chi connectivity index (χ4n) is 2.50. The van der Waals surface area contributed by atoms with Crippen LogP contribution in [0.5, 0.6) is 5.75 Å². The largest absolute Gasteiger partial charge is 0.497 e. The van der Waals surface area contributed by atoms with Crippen molar-refractivity contribution in [3.05, 3.63) is 29.5 Å². The molecular weight excluding hydrogens is 212 g/mol. The van der Waals surface area contributed by atoms with Gasteiger partial charge in [-0.25, -0.2) is 0 Å². The Balaban J connectivity index is 2.71. The van der Waals surface area contributed by atoms with Gasteiger partial charge in [0.15, 0.2) is 0 Å². The fraction of sp³-hybridized carbons (Fsp3) is 0.429. The third kappa shape index (κ3) is 1.80. The lowest BCUT2D eigenvalue weighted by Gasteiger charge is -2.13. The molecule has 1 heterocycles. The van der Waals surface area contributed by atoms with Gasteiger partial charge in [0, 0.05) is 30.2 Å². The Bertz CT molecular complexity index is 543. The summed E-state index contributed by atoms with van der Waals surface area (Å²) in [5.74, 6) is 0.904. The molecule has 2 aromatic rings. The van der Waals surface area contributed by atoms with Gasteiger partial charge >= 0.3 is 0 Å². The number of hydrogen-bond acceptors (Lipinski definition) is 2. The summed E-state index contributed by atoms with van der Waals surface area (Å²) in [4.78, 5) is 0. The van der Waals surface area contributed by atoms with Crippen molar-refractivity contribution in [3.8, 4) is 5.75 Å². The van der Waals surface area contributed by atoms with Gasteiger partial charge in [-0.1, -0.05) is 0 Å². The summed E-state index contributed by atoms with van der Waals surface area (Å²) in [6.07, 6.45) is 0. The maximum atomic E-state index is 5.28. The first-order valence-electron chi connectivity index (χ1n) is 5.90. The summed E-state index contributed by atoms with van der Waals surface area (Å²) in [5, 5.41) is 4.60. The second-order valence-corrected chi connectivity index (χ2v) is 4.46. The zero-order chi connectivity index (χ0) is 12.6. The van der Waals surface area contributed by atoms with E-state index >= 15 is 0 Å². The van der Waals surface area contributed by atoms with Crippen LogP contribution in [0.15, 0.2) is 18.2 Å². The summed E-state index contributed by atoms with van der Waals surface area (Å²) in [7, 11) is 5.80. The monoisotopic (exact) mass is 232 g/mol. The van der Waals surface area contributed by atoms with Gasteiger partial charge in [-0.05, 0) is 38.6 Å². The van der Waals surface area contributed by atoms with Crippen LogP contribution < -0.4 is 10.1 Å². The SMILES string of the molecule is CNC(C)c1c(C)c2ccc(OC)cc2n1C. The topological polar surface area (TPSA) is 26.2 Å². The minimum absolute atomic E-state index is 0.346. The van der Waals surface area contributed by atoms with E-state index in [4.69, 9.17) is 4.74 Å². The van der Waals surface area contributed by atoms with Gasteiger partial charge in [0.2, 0.25) is 0 Å². The van der Waals surface area contributed by atoms with Crippen LogP contribution in [0.3, 0.4) is 0 Å². The standard InChI is InChI=1S/C14H20N2O/c1-9-12-7-6-11(17-5)8-13(12)16(4)14(9)10(2)15-3/h6-8,10,15H,1-5H3. The predicted octanol–water partition coefficient (Wildman–Crippen LogP) is 2.78. The molecule has 1 unspecified atom stereocenters. The van der Waals surface area contributed by atoms with E-state index in [1.165, 1.54) is 22.2 Å². The van der Waals surface area contributed by atoms with Crippen molar-refractivity contribution >= 4 is 10.9 Å². The highest BCUT2D eigenvalue weighted by Gasteiger charge is 2.16. The molecule has 0 bridgehead atoms. The van der Waals surface area contributed by atoms with Crippen molar-refractivity contribution < 1.29 is 4.74 Å². The Morgan fingerprint density at radius 2 is 2.06 bits per heavy atom. The minimum atomic E-state index is 0.346. The number of ether oxygens (including phenoxy) is 1.